The molecule has 2 heterocycles. The lowest BCUT2D eigenvalue weighted by atomic mass is 10.2. The predicted octanol–water partition coefficient (Wildman–Crippen LogP) is 1.90. The molecule has 2 aromatic rings. The fraction of sp³-hybridized carbons (Fsp3) is 0.111. The number of nitrogens with zero attached hydrogens (tertiary/aromatic N) is 1. The Kier molecular flexibility index (Phi) is 2.23. The second kappa shape index (κ2) is 3.53. The van der Waals surface area contributed by atoms with Crippen molar-refractivity contribution in [1.29, 1.82) is 0 Å². The number of ketones is 1. The van der Waals surface area contributed by atoms with Crippen LogP contribution in [0, 0.1) is 0 Å². The van der Waals surface area contributed by atoms with Gasteiger partial charge in [0.15, 0.2) is 5.78 Å². The van der Waals surface area contributed by atoms with E-state index in [9.17, 15) is 4.79 Å². The fourth-order valence-corrected chi connectivity index (χ4v) is 1.74. The van der Waals surface area contributed by atoms with E-state index in [-0.39, 0.29) is 5.78 Å². The van der Waals surface area contributed by atoms with Gasteiger partial charge in [0.05, 0.1) is 17.6 Å². The monoisotopic (exact) mass is 192 g/mol. The number of imidazole rings is 1. The lowest BCUT2D eigenvalue weighted by Crippen LogP contribution is -2.00. The normalized spacial score (nSPS) is 10.2. The molecule has 0 saturated heterocycles. The molecular weight excluding hydrogens is 184 g/mol. The van der Waals surface area contributed by atoms with Crippen molar-refractivity contribution in [1.82, 2.24) is 9.97 Å². The maximum atomic E-state index is 11.5. The summed E-state index contributed by atoms with van der Waals surface area (Å²) in [6, 6.07) is 3.72. The summed E-state index contributed by atoms with van der Waals surface area (Å²) in [6.07, 6.45) is 3.66. The molecule has 0 saturated carbocycles. The largest absolute Gasteiger partial charge is 0.348 e. The maximum Gasteiger partial charge on any atom is 0.178 e. The first-order chi connectivity index (χ1) is 6.36. The molecule has 0 fully saturated rings. The molecule has 0 radical (unpaired) electrons. The van der Waals surface area contributed by atoms with Gasteiger partial charge in [0.25, 0.3) is 0 Å². The van der Waals surface area contributed by atoms with Crippen LogP contribution in [-0.4, -0.2) is 15.8 Å². The Hall–Kier alpha value is -1.42. The molecular formula is C9H8N2OS. The standard InChI is InChI=1S/C9H8N2OS/c12-8(9-2-1-3-13-9)4-7-5-10-6-11-7/h1-3,5-6H,4H2,(H,10,11). The number of rotatable bonds is 3. The SMILES string of the molecule is O=C(Cc1cnc[nH]1)c1cccs1. The minimum atomic E-state index is 0.138. The van der Waals surface area contributed by atoms with Crippen LogP contribution >= 0.6 is 11.3 Å². The summed E-state index contributed by atoms with van der Waals surface area (Å²) in [5, 5.41) is 1.90. The molecule has 0 unspecified atom stereocenters. The number of H-pyrrole nitrogens is 1. The van der Waals surface area contributed by atoms with E-state index < -0.39 is 0 Å². The van der Waals surface area contributed by atoms with E-state index in [1.807, 2.05) is 17.5 Å². The average Bonchev–Trinajstić information content (AvgIpc) is 2.74. The molecule has 3 nitrogen and oxygen atoms in total. The highest BCUT2D eigenvalue weighted by atomic mass is 32.1. The number of nitrogens with one attached hydrogen (secondary N) is 1. The Morgan fingerprint density at radius 1 is 1.62 bits per heavy atom. The second-order valence-corrected chi connectivity index (χ2v) is 3.60. The minimum Gasteiger partial charge on any atom is -0.348 e. The molecule has 0 spiro atoms. The number of hydrogen-bond donors (Lipinski definition) is 1. The first-order valence-corrected chi connectivity index (χ1v) is 4.78. The Morgan fingerprint density at radius 2 is 2.54 bits per heavy atom. The Bertz CT molecular complexity index is 378. The average molecular weight is 192 g/mol. The summed E-state index contributed by atoms with van der Waals surface area (Å²) >= 11 is 1.47. The number of carbonyl (C=O) groups is 1. The van der Waals surface area contributed by atoms with Gasteiger partial charge < -0.3 is 4.98 Å². The molecule has 0 amide bonds. The zero-order chi connectivity index (χ0) is 9.10. The third-order valence-electron chi connectivity index (χ3n) is 1.70. The van der Waals surface area contributed by atoms with Gasteiger partial charge in [-0.1, -0.05) is 6.07 Å². The van der Waals surface area contributed by atoms with Gasteiger partial charge in [-0.2, -0.15) is 0 Å². The van der Waals surface area contributed by atoms with Gasteiger partial charge >= 0.3 is 0 Å². The summed E-state index contributed by atoms with van der Waals surface area (Å²) in [5.41, 5.74) is 0.860. The van der Waals surface area contributed by atoms with Crippen molar-refractivity contribution in [2.75, 3.05) is 0 Å². The second-order valence-electron chi connectivity index (χ2n) is 2.65. The molecule has 66 valence electrons. The summed E-state index contributed by atoms with van der Waals surface area (Å²) in [4.78, 5) is 19.1. The quantitative estimate of drug-likeness (QED) is 0.755. The first-order valence-electron chi connectivity index (χ1n) is 3.90. The molecule has 2 rings (SSSR count). The number of Topliss-reactive ketones (excluding diaryl/α,β-unsaturated/α-hetero) is 1. The van der Waals surface area contributed by atoms with Crippen LogP contribution in [0.4, 0.5) is 0 Å². The van der Waals surface area contributed by atoms with Crippen molar-refractivity contribution < 1.29 is 4.79 Å². The third kappa shape index (κ3) is 1.84. The van der Waals surface area contributed by atoms with Crippen LogP contribution in [0.15, 0.2) is 30.0 Å². The van der Waals surface area contributed by atoms with E-state index in [4.69, 9.17) is 0 Å². The number of aromatic amines is 1. The van der Waals surface area contributed by atoms with Gasteiger partial charge in [0, 0.05) is 11.9 Å². The molecule has 0 aliphatic heterocycles. The van der Waals surface area contributed by atoms with E-state index in [0.29, 0.717) is 6.42 Å². The van der Waals surface area contributed by atoms with Gasteiger partial charge in [0.2, 0.25) is 0 Å². The van der Waals surface area contributed by atoms with E-state index in [1.54, 1.807) is 12.5 Å². The van der Waals surface area contributed by atoms with Gasteiger partial charge in [-0.05, 0) is 11.4 Å². The minimum absolute atomic E-state index is 0.138. The lowest BCUT2D eigenvalue weighted by molar-refractivity contribution is 0.0996. The van der Waals surface area contributed by atoms with Gasteiger partial charge in [-0.15, -0.1) is 11.3 Å². The van der Waals surface area contributed by atoms with Crippen molar-refractivity contribution in [3.05, 3.63) is 40.6 Å². The van der Waals surface area contributed by atoms with Crippen molar-refractivity contribution >= 4 is 17.1 Å². The first kappa shape index (κ1) is 8.19. The van der Waals surface area contributed by atoms with Crippen LogP contribution in [0.25, 0.3) is 0 Å². The van der Waals surface area contributed by atoms with Crippen molar-refractivity contribution in [2.24, 2.45) is 0 Å². The number of aromatic nitrogens is 2. The molecule has 13 heavy (non-hydrogen) atoms. The van der Waals surface area contributed by atoms with Crippen LogP contribution in [-0.2, 0) is 6.42 Å². The van der Waals surface area contributed by atoms with Crippen LogP contribution in [0.5, 0.6) is 0 Å². The Morgan fingerprint density at radius 3 is 3.15 bits per heavy atom. The van der Waals surface area contributed by atoms with E-state index >= 15 is 0 Å². The Labute approximate surface area is 79.4 Å². The number of hydrogen-bond acceptors (Lipinski definition) is 3. The summed E-state index contributed by atoms with van der Waals surface area (Å²) in [7, 11) is 0. The van der Waals surface area contributed by atoms with Crippen LogP contribution < -0.4 is 0 Å². The highest BCUT2D eigenvalue weighted by Gasteiger charge is 2.07. The summed E-state index contributed by atoms with van der Waals surface area (Å²) < 4.78 is 0. The topological polar surface area (TPSA) is 45.8 Å². The third-order valence-corrected chi connectivity index (χ3v) is 2.61. The molecule has 2 aromatic heterocycles. The number of thiophene rings is 1. The lowest BCUT2D eigenvalue weighted by Gasteiger charge is -1.93. The fourth-order valence-electron chi connectivity index (χ4n) is 1.08. The number of carbonyl (C=O) groups excluding carboxylic acids is 1. The van der Waals surface area contributed by atoms with Crippen molar-refractivity contribution in [2.45, 2.75) is 6.42 Å². The molecule has 0 bridgehead atoms. The molecule has 4 heteroatoms. The molecule has 0 aromatic carbocycles. The van der Waals surface area contributed by atoms with Crippen molar-refractivity contribution in [3.8, 4) is 0 Å². The van der Waals surface area contributed by atoms with Gasteiger partial charge in [0.1, 0.15) is 0 Å². The molecule has 0 atom stereocenters. The predicted molar refractivity (Wildman–Crippen MR) is 50.9 cm³/mol. The maximum absolute atomic E-state index is 11.5. The van der Waals surface area contributed by atoms with Crippen molar-refractivity contribution in [3.63, 3.8) is 0 Å². The summed E-state index contributed by atoms with van der Waals surface area (Å²) in [6.45, 7) is 0. The molecule has 1 N–H and O–H groups in total. The smallest absolute Gasteiger partial charge is 0.178 e. The van der Waals surface area contributed by atoms with Crippen LogP contribution in [0.2, 0.25) is 0 Å². The van der Waals surface area contributed by atoms with Crippen LogP contribution in [0.1, 0.15) is 15.4 Å². The zero-order valence-corrected chi connectivity index (χ0v) is 7.67. The van der Waals surface area contributed by atoms with Crippen LogP contribution in [0.3, 0.4) is 0 Å². The highest BCUT2D eigenvalue weighted by Crippen LogP contribution is 2.11. The van der Waals surface area contributed by atoms with E-state index in [0.717, 1.165) is 10.6 Å². The van der Waals surface area contributed by atoms with Gasteiger partial charge in [-0.25, -0.2) is 4.98 Å². The summed E-state index contributed by atoms with van der Waals surface area (Å²) in [5.74, 6) is 0.138. The zero-order valence-electron chi connectivity index (χ0n) is 6.86. The van der Waals surface area contributed by atoms with E-state index in [1.165, 1.54) is 11.3 Å². The molecule has 0 aliphatic carbocycles. The highest BCUT2D eigenvalue weighted by molar-refractivity contribution is 7.12. The molecule has 0 aliphatic rings. The van der Waals surface area contributed by atoms with Gasteiger partial charge in [-0.3, -0.25) is 4.79 Å². The Balaban J connectivity index is 2.08. The van der Waals surface area contributed by atoms with E-state index in [2.05, 4.69) is 9.97 Å².